The van der Waals surface area contributed by atoms with Crippen molar-refractivity contribution in [3.8, 4) is 0 Å². The maximum absolute atomic E-state index is 12.0. The Bertz CT molecular complexity index is 542. The summed E-state index contributed by atoms with van der Waals surface area (Å²) in [6.07, 6.45) is 4.11. The molecular formula is C16H21N3O5. The highest BCUT2D eigenvalue weighted by Gasteiger charge is 2.46. The highest BCUT2D eigenvalue weighted by atomic mass is 16.6. The zero-order chi connectivity index (χ0) is 17.8. The van der Waals surface area contributed by atoms with E-state index in [1.807, 2.05) is 0 Å². The molecule has 1 aromatic rings. The standard InChI is InChI=1S/C16H21N3O5/c17-7-3-1-5-9-19(10-14-6-2-4-8-18-14)16(11-20,12-21)15(23)24-13-22/h2,4,6,8,11-13H,1,3,5,7,9-10,17H2. The third-order valence-electron chi connectivity index (χ3n) is 3.58. The topological polar surface area (TPSA) is 120 Å². The van der Waals surface area contributed by atoms with Crippen LogP contribution in [0.2, 0.25) is 0 Å². The molecule has 2 N–H and O–H groups in total. The molecule has 1 heterocycles. The summed E-state index contributed by atoms with van der Waals surface area (Å²) in [5.41, 5.74) is 3.84. The van der Waals surface area contributed by atoms with Gasteiger partial charge in [0, 0.05) is 19.3 Å². The summed E-state index contributed by atoms with van der Waals surface area (Å²) >= 11 is 0. The number of hydrogen-bond donors (Lipinski definition) is 1. The maximum Gasteiger partial charge on any atom is 0.349 e. The summed E-state index contributed by atoms with van der Waals surface area (Å²) in [4.78, 5) is 51.1. The van der Waals surface area contributed by atoms with Crippen LogP contribution < -0.4 is 5.73 Å². The summed E-state index contributed by atoms with van der Waals surface area (Å²) in [5.74, 6) is -1.22. The van der Waals surface area contributed by atoms with E-state index in [9.17, 15) is 19.2 Å². The van der Waals surface area contributed by atoms with Crippen molar-refractivity contribution in [3.05, 3.63) is 30.1 Å². The number of nitrogens with two attached hydrogens (primary N) is 1. The second-order valence-corrected chi connectivity index (χ2v) is 5.15. The van der Waals surface area contributed by atoms with Crippen molar-refractivity contribution >= 4 is 25.0 Å². The first kappa shape index (κ1) is 19.6. The van der Waals surface area contributed by atoms with Crippen molar-refractivity contribution in [2.24, 2.45) is 5.73 Å². The lowest BCUT2D eigenvalue weighted by atomic mass is 10.00. The third kappa shape index (κ3) is 5.04. The Morgan fingerprint density at radius 3 is 2.50 bits per heavy atom. The van der Waals surface area contributed by atoms with Crippen LogP contribution in [0.4, 0.5) is 0 Å². The second-order valence-electron chi connectivity index (χ2n) is 5.15. The van der Waals surface area contributed by atoms with Crippen LogP contribution >= 0.6 is 0 Å². The van der Waals surface area contributed by atoms with Gasteiger partial charge in [0.15, 0.2) is 12.6 Å². The predicted molar refractivity (Wildman–Crippen MR) is 84.6 cm³/mol. The van der Waals surface area contributed by atoms with E-state index in [-0.39, 0.29) is 32.1 Å². The van der Waals surface area contributed by atoms with Gasteiger partial charge in [0.1, 0.15) is 0 Å². The van der Waals surface area contributed by atoms with Crippen molar-refractivity contribution in [2.45, 2.75) is 31.3 Å². The van der Waals surface area contributed by atoms with E-state index in [1.165, 1.54) is 4.90 Å². The molecule has 0 aliphatic heterocycles. The number of unbranched alkanes of at least 4 members (excludes halogenated alkanes) is 2. The minimum atomic E-state index is -2.18. The van der Waals surface area contributed by atoms with Crippen LogP contribution in [0, 0.1) is 0 Å². The zero-order valence-corrected chi connectivity index (χ0v) is 13.3. The van der Waals surface area contributed by atoms with Gasteiger partial charge in [-0.1, -0.05) is 12.5 Å². The molecule has 0 fully saturated rings. The highest BCUT2D eigenvalue weighted by Crippen LogP contribution is 2.18. The normalized spacial score (nSPS) is 11.1. The van der Waals surface area contributed by atoms with Crippen molar-refractivity contribution in [1.82, 2.24) is 9.88 Å². The molecule has 0 bridgehead atoms. The van der Waals surface area contributed by atoms with Crippen LogP contribution in [-0.2, 0) is 30.5 Å². The first-order valence-corrected chi connectivity index (χ1v) is 7.57. The largest absolute Gasteiger partial charge is 0.393 e. The molecule has 1 aromatic heterocycles. The average Bonchev–Trinajstić information content (AvgIpc) is 2.61. The molecule has 8 heteroatoms. The lowest BCUT2D eigenvalue weighted by Crippen LogP contribution is -2.58. The number of carbonyl (C=O) groups is 4. The smallest absolute Gasteiger partial charge is 0.349 e. The van der Waals surface area contributed by atoms with Gasteiger partial charge in [-0.3, -0.25) is 14.7 Å². The fourth-order valence-electron chi connectivity index (χ4n) is 2.25. The predicted octanol–water partition coefficient (Wildman–Crippen LogP) is -0.151. The monoisotopic (exact) mass is 335 g/mol. The number of ether oxygens (including phenoxy) is 1. The fourth-order valence-corrected chi connectivity index (χ4v) is 2.25. The van der Waals surface area contributed by atoms with E-state index < -0.39 is 11.5 Å². The number of pyridine rings is 1. The van der Waals surface area contributed by atoms with Crippen LogP contribution in [0.25, 0.3) is 0 Å². The number of aromatic nitrogens is 1. The van der Waals surface area contributed by atoms with Gasteiger partial charge in [-0.25, -0.2) is 4.79 Å². The first-order chi connectivity index (χ1) is 11.6. The summed E-state index contributed by atoms with van der Waals surface area (Å²) in [7, 11) is 0. The Kier molecular flexibility index (Phi) is 8.45. The number of rotatable bonds is 12. The van der Waals surface area contributed by atoms with Crippen LogP contribution in [0.1, 0.15) is 25.0 Å². The molecule has 8 nitrogen and oxygen atoms in total. The molecule has 0 spiro atoms. The van der Waals surface area contributed by atoms with Crippen molar-refractivity contribution in [3.63, 3.8) is 0 Å². The fraction of sp³-hybridized carbons (Fsp3) is 0.438. The molecule has 0 radical (unpaired) electrons. The minimum Gasteiger partial charge on any atom is -0.393 e. The molecule has 0 saturated carbocycles. The van der Waals surface area contributed by atoms with Crippen molar-refractivity contribution in [1.29, 1.82) is 0 Å². The van der Waals surface area contributed by atoms with E-state index in [1.54, 1.807) is 24.4 Å². The third-order valence-corrected chi connectivity index (χ3v) is 3.58. The molecule has 0 aromatic carbocycles. The summed E-state index contributed by atoms with van der Waals surface area (Å²) in [5, 5.41) is 0. The zero-order valence-electron chi connectivity index (χ0n) is 13.3. The van der Waals surface area contributed by atoms with Crippen LogP contribution in [0.15, 0.2) is 24.4 Å². The maximum atomic E-state index is 12.0. The summed E-state index contributed by atoms with van der Waals surface area (Å²) < 4.78 is 4.27. The Morgan fingerprint density at radius 2 is 1.96 bits per heavy atom. The van der Waals surface area contributed by atoms with Gasteiger partial charge in [-0.2, -0.15) is 0 Å². The Labute approximate surface area is 140 Å². The van der Waals surface area contributed by atoms with Gasteiger partial charge >= 0.3 is 12.4 Å². The molecule has 0 atom stereocenters. The molecule has 1 rings (SSSR count). The number of aldehydes is 2. The molecule has 0 unspecified atom stereocenters. The Morgan fingerprint density at radius 1 is 1.21 bits per heavy atom. The van der Waals surface area contributed by atoms with Crippen molar-refractivity contribution < 1.29 is 23.9 Å². The van der Waals surface area contributed by atoms with E-state index in [4.69, 9.17) is 5.73 Å². The van der Waals surface area contributed by atoms with Gasteiger partial charge in [-0.15, -0.1) is 0 Å². The van der Waals surface area contributed by atoms with Crippen LogP contribution in [-0.4, -0.2) is 53.5 Å². The lowest BCUT2D eigenvalue weighted by molar-refractivity contribution is -0.164. The van der Waals surface area contributed by atoms with Crippen molar-refractivity contribution in [2.75, 3.05) is 13.1 Å². The number of nitrogens with zero attached hydrogens (tertiary/aromatic N) is 2. The van der Waals surface area contributed by atoms with Crippen LogP contribution in [0.3, 0.4) is 0 Å². The minimum absolute atomic E-state index is 0.0783. The van der Waals surface area contributed by atoms with E-state index >= 15 is 0 Å². The second kappa shape index (κ2) is 10.3. The SMILES string of the molecule is NCCCCCN(Cc1ccccn1)C(C=O)(C=O)C(=O)OC=O. The number of carbonyl (C=O) groups excluding carboxylic acids is 4. The molecule has 0 aliphatic carbocycles. The van der Waals surface area contributed by atoms with E-state index in [0.29, 0.717) is 18.7 Å². The van der Waals surface area contributed by atoms with E-state index in [2.05, 4.69) is 9.72 Å². The highest BCUT2D eigenvalue weighted by molar-refractivity contribution is 6.14. The quantitative estimate of drug-likeness (QED) is 0.242. The Hall–Kier alpha value is -2.45. The van der Waals surface area contributed by atoms with Gasteiger partial charge in [0.25, 0.3) is 0 Å². The molecular weight excluding hydrogens is 314 g/mol. The Balaban J connectivity index is 3.05. The average molecular weight is 335 g/mol. The number of esters is 1. The molecule has 24 heavy (non-hydrogen) atoms. The molecule has 0 saturated heterocycles. The summed E-state index contributed by atoms with van der Waals surface area (Å²) in [6.45, 7) is 0.772. The molecule has 0 aliphatic rings. The van der Waals surface area contributed by atoms with Gasteiger partial charge < -0.3 is 20.1 Å². The summed E-state index contributed by atoms with van der Waals surface area (Å²) in [6, 6.07) is 5.18. The lowest BCUT2D eigenvalue weighted by Gasteiger charge is -2.32. The van der Waals surface area contributed by atoms with Gasteiger partial charge in [-0.05, 0) is 31.5 Å². The van der Waals surface area contributed by atoms with Gasteiger partial charge in [0.2, 0.25) is 5.54 Å². The van der Waals surface area contributed by atoms with E-state index in [0.717, 1.165) is 12.8 Å². The van der Waals surface area contributed by atoms with Gasteiger partial charge in [0.05, 0.1) is 5.69 Å². The molecule has 0 amide bonds. The first-order valence-electron chi connectivity index (χ1n) is 7.57. The molecule has 130 valence electrons. The van der Waals surface area contributed by atoms with Crippen LogP contribution in [0.5, 0.6) is 0 Å². The number of hydrogen-bond acceptors (Lipinski definition) is 8.